The van der Waals surface area contributed by atoms with Crippen molar-refractivity contribution in [3.8, 4) is 5.75 Å². The summed E-state index contributed by atoms with van der Waals surface area (Å²) >= 11 is 3.45. The number of hydrogen-bond donors (Lipinski definition) is 1. The van der Waals surface area contributed by atoms with Gasteiger partial charge in [0.2, 0.25) is 24.1 Å². The van der Waals surface area contributed by atoms with Crippen LogP contribution in [0.1, 0.15) is 25.8 Å². The van der Waals surface area contributed by atoms with Crippen molar-refractivity contribution in [1.82, 2.24) is 5.32 Å². The van der Waals surface area contributed by atoms with Crippen molar-refractivity contribution in [2.75, 3.05) is 26.8 Å². The predicted molar refractivity (Wildman–Crippen MR) is 126 cm³/mol. The molecule has 2 amide bonds. The Morgan fingerprint density at radius 1 is 1.34 bits per heavy atom. The van der Waals surface area contributed by atoms with Crippen molar-refractivity contribution in [2.24, 2.45) is 0 Å². The molecule has 0 saturated carbocycles. The number of carbonyl (C=O) groups excluding carboxylic acids is 2. The van der Waals surface area contributed by atoms with E-state index in [1.165, 1.54) is 4.58 Å². The zero-order chi connectivity index (χ0) is 23.1. The first-order chi connectivity index (χ1) is 15.4. The molecule has 0 radical (unpaired) electrons. The Balaban J connectivity index is 1.75. The standard InChI is InChI=1S/C24H27BrN2O5/c1-16(2)31-12-6-11-26-23(28)15-27-19-7-4-5-8-21(19)32-22(24(27)29)14-17-9-10-20(30-3)18(25)13-17/h4-5,7-10,13-14,16,21H,6,11-12,15H2,1-3H3/p+1/b22-14-. The topological polar surface area (TPSA) is 76.9 Å². The summed E-state index contributed by atoms with van der Waals surface area (Å²) in [6, 6.07) is 5.48. The Kier molecular flexibility index (Phi) is 8.41. The number of amides is 2. The number of benzene rings is 1. The third-order valence-electron chi connectivity index (χ3n) is 4.85. The van der Waals surface area contributed by atoms with Crippen LogP contribution in [0, 0.1) is 0 Å². The molecule has 1 N–H and O–H groups in total. The number of nitrogens with one attached hydrogen (secondary N) is 1. The molecule has 1 aliphatic carbocycles. The van der Waals surface area contributed by atoms with Crippen LogP contribution < -0.4 is 10.1 Å². The lowest BCUT2D eigenvalue weighted by Gasteiger charge is -2.22. The fourth-order valence-electron chi connectivity index (χ4n) is 3.29. The third-order valence-corrected chi connectivity index (χ3v) is 5.47. The lowest BCUT2D eigenvalue weighted by molar-refractivity contribution is -0.443. The number of ether oxygens (including phenoxy) is 3. The molecular formula is C24H28BrN2O5+. The highest BCUT2D eigenvalue weighted by atomic mass is 79.9. The number of carbonyl (C=O) groups is 2. The summed E-state index contributed by atoms with van der Waals surface area (Å²) in [6.07, 6.45) is 9.44. The Hall–Kier alpha value is -2.71. The zero-order valence-electron chi connectivity index (χ0n) is 18.5. The Labute approximate surface area is 196 Å². The van der Waals surface area contributed by atoms with Crippen LogP contribution in [0.4, 0.5) is 0 Å². The average Bonchev–Trinajstić information content (AvgIpc) is 2.76. The van der Waals surface area contributed by atoms with E-state index in [0.717, 1.165) is 10.0 Å². The number of nitrogens with zero attached hydrogens (tertiary/aromatic N) is 1. The minimum atomic E-state index is -0.433. The van der Waals surface area contributed by atoms with Gasteiger partial charge < -0.3 is 19.5 Å². The van der Waals surface area contributed by atoms with E-state index in [0.29, 0.717) is 31.0 Å². The molecule has 0 fully saturated rings. The fourth-order valence-corrected chi connectivity index (χ4v) is 3.85. The van der Waals surface area contributed by atoms with Gasteiger partial charge >= 0.3 is 5.91 Å². The molecule has 1 aromatic carbocycles. The smallest absolute Gasteiger partial charge is 0.455 e. The fraction of sp³-hybridized carbons (Fsp3) is 0.375. The minimum Gasteiger partial charge on any atom is -0.496 e. The number of allylic oxidation sites excluding steroid dienone is 2. The van der Waals surface area contributed by atoms with Crippen LogP contribution in [0.2, 0.25) is 0 Å². The molecule has 1 aliphatic heterocycles. The lowest BCUT2D eigenvalue weighted by Crippen LogP contribution is -2.46. The van der Waals surface area contributed by atoms with Crippen molar-refractivity contribution < 1.29 is 28.4 Å². The predicted octanol–water partition coefficient (Wildman–Crippen LogP) is 3.23. The van der Waals surface area contributed by atoms with Gasteiger partial charge in [-0.3, -0.25) is 4.79 Å². The van der Waals surface area contributed by atoms with E-state index < -0.39 is 6.10 Å². The van der Waals surface area contributed by atoms with Gasteiger partial charge in [-0.15, -0.1) is 4.58 Å². The molecule has 170 valence electrons. The van der Waals surface area contributed by atoms with Crippen LogP contribution in [-0.4, -0.2) is 61.1 Å². The van der Waals surface area contributed by atoms with Gasteiger partial charge in [-0.1, -0.05) is 18.2 Å². The minimum absolute atomic E-state index is 0.0824. The number of fused-ring (bicyclic) bond motifs is 1. The molecule has 1 unspecified atom stereocenters. The summed E-state index contributed by atoms with van der Waals surface area (Å²) in [5, 5.41) is 2.86. The molecule has 7 nitrogen and oxygen atoms in total. The van der Waals surface area contributed by atoms with Crippen molar-refractivity contribution in [3.05, 3.63) is 58.3 Å². The number of rotatable bonds is 9. The SMILES string of the molecule is COc1ccc(/C=C2\OC3C=CC=CC3=[N+](CC(=O)NCCCOC(C)C)C2=O)cc1Br. The summed E-state index contributed by atoms with van der Waals surface area (Å²) in [5.74, 6) is 0.275. The average molecular weight is 504 g/mol. The van der Waals surface area contributed by atoms with E-state index in [-0.39, 0.29) is 30.2 Å². The normalized spacial score (nSPS) is 18.7. The number of hydrogen-bond acceptors (Lipinski definition) is 5. The van der Waals surface area contributed by atoms with E-state index in [4.69, 9.17) is 14.2 Å². The molecular weight excluding hydrogens is 476 g/mol. The van der Waals surface area contributed by atoms with Crippen molar-refractivity contribution in [2.45, 2.75) is 32.5 Å². The second-order valence-electron chi connectivity index (χ2n) is 7.62. The van der Waals surface area contributed by atoms with Gasteiger partial charge in [0.1, 0.15) is 5.75 Å². The van der Waals surface area contributed by atoms with E-state index in [2.05, 4.69) is 21.2 Å². The van der Waals surface area contributed by atoms with Gasteiger partial charge in [-0.25, -0.2) is 4.79 Å². The van der Waals surface area contributed by atoms with Crippen LogP contribution in [0.15, 0.2) is 52.7 Å². The van der Waals surface area contributed by atoms with E-state index >= 15 is 0 Å². The van der Waals surface area contributed by atoms with Crippen LogP contribution >= 0.6 is 15.9 Å². The largest absolute Gasteiger partial charge is 0.496 e. The maximum atomic E-state index is 13.2. The second-order valence-corrected chi connectivity index (χ2v) is 8.48. The molecule has 0 aromatic heterocycles. The van der Waals surface area contributed by atoms with E-state index in [1.54, 1.807) is 25.3 Å². The van der Waals surface area contributed by atoms with Gasteiger partial charge in [-0.05, 0) is 66.0 Å². The molecule has 0 bridgehead atoms. The lowest BCUT2D eigenvalue weighted by atomic mass is 10.1. The van der Waals surface area contributed by atoms with Gasteiger partial charge in [0.25, 0.3) is 5.91 Å². The first-order valence-corrected chi connectivity index (χ1v) is 11.3. The second kappa shape index (κ2) is 11.2. The van der Waals surface area contributed by atoms with Crippen molar-refractivity contribution >= 4 is 39.5 Å². The molecule has 32 heavy (non-hydrogen) atoms. The summed E-state index contributed by atoms with van der Waals surface area (Å²) in [4.78, 5) is 25.7. The Morgan fingerprint density at radius 3 is 2.88 bits per heavy atom. The monoisotopic (exact) mass is 503 g/mol. The Bertz CT molecular complexity index is 994. The van der Waals surface area contributed by atoms with Gasteiger partial charge in [0, 0.05) is 19.2 Å². The first kappa shape index (κ1) is 23.9. The van der Waals surface area contributed by atoms with Crippen LogP contribution in [-0.2, 0) is 19.1 Å². The van der Waals surface area contributed by atoms with Gasteiger partial charge in [0.15, 0.2) is 0 Å². The molecule has 8 heteroatoms. The van der Waals surface area contributed by atoms with Gasteiger partial charge in [0.05, 0.1) is 17.7 Å². The van der Waals surface area contributed by atoms with Crippen LogP contribution in [0.3, 0.4) is 0 Å². The maximum Gasteiger partial charge on any atom is 0.455 e. The van der Waals surface area contributed by atoms with Crippen molar-refractivity contribution in [3.63, 3.8) is 0 Å². The van der Waals surface area contributed by atoms with Crippen LogP contribution in [0.25, 0.3) is 6.08 Å². The highest BCUT2D eigenvalue weighted by molar-refractivity contribution is 9.10. The molecule has 1 aromatic rings. The maximum absolute atomic E-state index is 13.2. The van der Waals surface area contributed by atoms with E-state index in [1.807, 2.05) is 44.2 Å². The molecule has 1 atom stereocenters. The zero-order valence-corrected chi connectivity index (χ0v) is 20.1. The molecule has 0 saturated heterocycles. The third kappa shape index (κ3) is 6.17. The van der Waals surface area contributed by atoms with E-state index in [9.17, 15) is 9.59 Å². The summed E-state index contributed by atoms with van der Waals surface area (Å²) in [5.41, 5.74) is 1.42. The van der Waals surface area contributed by atoms with Gasteiger partial charge in [-0.2, -0.15) is 0 Å². The summed E-state index contributed by atoms with van der Waals surface area (Å²) in [6.45, 7) is 4.92. The quantitative estimate of drug-likeness (QED) is 0.318. The molecule has 1 heterocycles. The molecule has 2 aliphatic rings. The number of halogens is 1. The van der Waals surface area contributed by atoms with Crippen molar-refractivity contribution in [1.29, 1.82) is 0 Å². The Morgan fingerprint density at radius 2 is 2.16 bits per heavy atom. The first-order valence-electron chi connectivity index (χ1n) is 10.5. The molecule has 0 spiro atoms. The number of methoxy groups -OCH3 is 1. The highest BCUT2D eigenvalue weighted by Gasteiger charge is 2.40. The van der Waals surface area contributed by atoms with Crippen LogP contribution in [0.5, 0.6) is 5.75 Å². The summed E-state index contributed by atoms with van der Waals surface area (Å²) < 4.78 is 18.9. The highest BCUT2D eigenvalue weighted by Crippen LogP contribution is 2.27. The summed E-state index contributed by atoms with van der Waals surface area (Å²) in [7, 11) is 1.59. The molecule has 3 rings (SSSR count).